The summed E-state index contributed by atoms with van der Waals surface area (Å²) in [5.41, 5.74) is 17.7. The Kier molecular flexibility index (Phi) is 5.82. The summed E-state index contributed by atoms with van der Waals surface area (Å²) in [6.07, 6.45) is 0. The van der Waals surface area contributed by atoms with Gasteiger partial charge in [-0.3, -0.25) is 0 Å². The van der Waals surface area contributed by atoms with E-state index in [-0.39, 0.29) is 12.3 Å². The maximum absolute atomic E-state index is 2.70. The van der Waals surface area contributed by atoms with Crippen molar-refractivity contribution in [3.8, 4) is 11.1 Å². The normalized spacial score (nSPS) is 14.9. The topological polar surface area (TPSA) is 11.4 Å². The highest BCUT2D eigenvalue weighted by molar-refractivity contribution is 6.85. The van der Waals surface area contributed by atoms with E-state index in [1.54, 1.807) is 0 Å². The third-order valence-electron chi connectivity index (χ3n) is 11.5. The van der Waals surface area contributed by atoms with E-state index in [4.69, 9.17) is 0 Å². The van der Waals surface area contributed by atoms with Gasteiger partial charge in [-0.1, -0.05) is 129 Å². The zero-order valence-corrected chi connectivity index (χ0v) is 28.6. The fraction of sp³-hybridized carbons (Fsp3) is 0.0638. The van der Waals surface area contributed by atoms with E-state index in [0.29, 0.717) is 0 Å². The van der Waals surface area contributed by atoms with Gasteiger partial charge in [0.1, 0.15) is 0 Å². The molecule has 0 N–H and O–H groups in total. The van der Waals surface area contributed by atoms with Crippen LogP contribution in [0, 0.1) is 0 Å². The van der Waals surface area contributed by atoms with E-state index in [0.717, 1.165) is 11.4 Å². The molecule has 0 spiro atoms. The molecular formula is C47H34BN3. The molecule has 0 saturated carbocycles. The first-order valence-corrected chi connectivity index (χ1v) is 17.9. The second-order valence-corrected chi connectivity index (χ2v) is 14.5. The van der Waals surface area contributed by atoms with Crippen LogP contribution in [0.1, 0.15) is 25.0 Å². The molecule has 0 atom stereocenters. The average Bonchev–Trinajstić information content (AvgIpc) is 3.65. The predicted octanol–water partition coefficient (Wildman–Crippen LogP) is 11.4. The average molecular weight is 652 g/mol. The van der Waals surface area contributed by atoms with Crippen molar-refractivity contribution in [1.82, 2.24) is 4.48 Å². The Morgan fingerprint density at radius 1 is 0.549 bits per heavy atom. The number of nitrogens with zero attached hydrogens (tertiary/aromatic N) is 3. The zero-order valence-electron chi connectivity index (χ0n) is 28.6. The van der Waals surface area contributed by atoms with Gasteiger partial charge in [0.15, 0.2) is 0 Å². The van der Waals surface area contributed by atoms with Crippen molar-refractivity contribution in [2.24, 2.45) is 0 Å². The molecule has 240 valence electrons. The summed E-state index contributed by atoms with van der Waals surface area (Å²) in [7, 11) is 0. The molecule has 0 bridgehead atoms. The number of hydrogen-bond acceptors (Lipinski definition) is 2. The smallest absolute Gasteiger partial charge is 0.329 e. The predicted molar refractivity (Wildman–Crippen MR) is 215 cm³/mol. The molecule has 2 aliphatic heterocycles. The molecule has 4 heteroatoms. The molecule has 1 aliphatic carbocycles. The van der Waals surface area contributed by atoms with Gasteiger partial charge in [-0.25, -0.2) is 0 Å². The van der Waals surface area contributed by atoms with Gasteiger partial charge in [0.25, 0.3) is 0 Å². The fourth-order valence-corrected chi connectivity index (χ4v) is 9.54. The third kappa shape index (κ3) is 3.74. The number of rotatable bonds is 4. The van der Waals surface area contributed by atoms with Crippen LogP contribution in [0.5, 0.6) is 0 Å². The van der Waals surface area contributed by atoms with Crippen LogP contribution in [0.25, 0.3) is 38.6 Å². The van der Waals surface area contributed by atoms with Crippen LogP contribution in [-0.2, 0) is 5.41 Å². The summed E-state index contributed by atoms with van der Waals surface area (Å²) < 4.78 is 2.70. The molecule has 1 aromatic heterocycles. The summed E-state index contributed by atoms with van der Waals surface area (Å²) in [5.74, 6) is 0. The van der Waals surface area contributed by atoms with Crippen LogP contribution in [0.2, 0.25) is 0 Å². The Morgan fingerprint density at radius 2 is 1.18 bits per heavy atom. The molecule has 0 fully saturated rings. The number of anilines is 5. The molecule has 0 amide bonds. The maximum atomic E-state index is 2.70. The molecule has 11 rings (SSSR count). The molecule has 3 heterocycles. The van der Waals surface area contributed by atoms with Crippen molar-refractivity contribution in [1.29, 1.82) is 0 Å². The van der Waals surface area contributed by atoms with Crippen molar-refractivity contribution in [3.05, 3.63) is 186 Å². The lowest BCUT2D eigenvalue weighted by molar-refractivity contribution is 0.663. The Bertz CT molecular complexity index is 2690. The molecular weight excluding hydrogens is 617 g/mol. The van der Waals surface area contributed by atoms with Crippen molar-refractivity contribution < 1.29 is 0 Å². The van der Waals surface area contributed by atoms with Gasteiger partial charge >= 0.3 is 6.85 Å². The van der Waals surface area contributed by atoms with Crippen LogP contribution >= 0.6 is 0 Å². The first-order valence-electron chi connectivity index (χ1n) is 17.9. The molecule has 0 saturated heterocycles. The third-order valence-corrected chi connectivity index (χ3v) is 11.5. The number of aromatic nitrogens is 1. The van der Waals surface area contributed by atoms with Crippen molar-refractivity contribution in [3.63, 3.8) is 0 Å². The van der Waals surface area contributed by atoms with Crippen LogP contribution < -0.4 is 15.3 Å². The van der Waals surface area contributed by atoms with E-state index in [9.17, 15) is 0 Å². The second kappa shape index (κ2) is 10.4. The molecule has 51 heavy (non-hydrogen) atoms. The van der Waals surface area contributed by atoms with Gasteiger partial charge in [-0.2, -0.15) is 0 Å². The lowest BCUT2D eigenvalue weighted by Gasteiger charge is -2.43. The summed E-state index contributed by atoms with van der Waals surface area (Å²) >= 11 is 0. The molecule has 3 nitrogen and oxygen atoms in total. The van der Waals surface area contributed by atoms with Crippen LogP contribution in [0.3, 0.4) is 0 Å². The highest BCUT2D eigenvalue weighted by Gasteiger charge is 2.52. The van der Waals surface area contributed by atoms with Crippen molar-refractivity contribution >= 4 is 68.3 Å². The van der Waals surface area contributed by atoms with Crippen molar-refractivity contribution in [2.75, 3.05) is 9.80 Å². The van der Waals surface area contributed by atoms with E-state index < -0.39 is 0 Å². The lowest BCUT2D eigenvalue weighted by atomic mass is 9.40. The Labute approximate surface area is 298 Å². The highest BCUT2D eigenvalue weighted by Crippen LogP contribution is 2.57. The maximum Gasteiger partial charge on any atom is 0.329 e. The first-order chi connectivity index (χ1) is 25.1. The van der Waals surface area contributed by atoms with Gasteiger partial charge < -0.3 is 14.3 Å². The van der Waals surface area contributed by atoms with Crippen LogP contribution in [0.15, 0.2) is 175 Å². The second-order valence-electron chi connectivity index (χ2n) is 14.5. The number of benzene rings is 7. The molecule has 8 aromatic rings. The number of fused-ring (bicyclic) bond motifs is 8. The standard InChI is InChI=1S/C47H34BN3/c1-47(2)38-26-14-12-23-36(38)45-46(47)48-43-34(25-16-28-41(43)50(45)33-21-10-5-11-22-33)35-29-30-40(42-37-24-13-15-27-39(37)51(48)44(35)42)49(31-17-6-3-7-18-31)32-19-8-4-9-20-32/h3-30H,1-2H3. The summed E-state index contributed by atoms with van der Waals surface area (Å²) in [5, 5.41) is 2.56. The Hall–Kier alpha value is -6.26. The van der Waals surface area contributed by atoms with Crippen molar-refractivity contribution in [2.45, 2.75) is 19.3 Å². The van der Waals surface area contributed by atoms with E-state index in [1.807, 2.05) is 0 Å². The SMILES string of the molecule is CC1(C)C2=C(c3ccccc31)N(c1ccccc1)c1cccc3c1B2n1c2ccccc2c2c(N(c4ccccc4)c4ccccc4)ccc-3c21. The number of allylic oxidation sites excluding steroid dienone is 1. The Morgan fingerprint density at radius 3 is 1.92 bits per heavy atom. The minimum atomic E-state index is -0.207. The minimum Gasteiger partial charge on any atom is -0.375 e. The van der Waals surface area contributed by atoms with E-state index in [1.165, 1.54) is 77.8 Å². The fourth-order valence-electron chi connectivity index (χ4n) is 9.54. The molecule has 7 aromatic carbocycles. The van der Waals surface area contributed by atoms with Gasteiger partial charge in [0.05, 0.1) is 5.69 Å². The first kappa shape index (κ1) is 28.6. The summed E-state index contributed by atoms with van der Waals surface area (Å²) in [6.45, 7) is 4.89. The van der Waals surface area contributed by atoms with Crippen LogP contribution in [-0.4, -0.2) is 11.3 Å². The largest absolute Gasteiger partial charge is 0.375 e. The van der Waals surface area contributed by atoms with Gasteiger partial charge in [-0.05, 0) is 76.7 Å². The van der Waals surface area contributed by atoms with E-state index >= 15 is 0 Å². The van der Waals surface area contributed by atoms with Crippen LogP contribution in [0.4, 0.5) is 28.4 Å². The van der Waals surface area contributed by atoms with Gasteiger partial charge in [0.2, 0.25) is 0 Å². The molecule has 0 radical (unpaired) electrons. The quantitative estimate of drug-likeness (QED) is 0.176. The number of para-hydroxylation sites is 4. The summed E-state index contributed by atoms with van der Waals surface area (Å²) in [6, 6.07) is 62.4. The Balaban J connectivity index is 1.30. The zero-order chi connectivity index (χ0) is 33.8. The lowest BCUT2D eigenvalue weighted by Crippen LogP contribution is -2.52. The summed E-state index contributed by atoms with van der Waals surface area (Å²) in [4.78, 5) is 4.98. The monoisotopic (exact) mass is 651 g/mol. The molecule has 0 unspecified atom stereocenters. The van der Waals surface area contributed by atoms with Gasteiger partial charge in [0, 0.05) is 66.8 Å². The van der Waals surface area contributed by atoms with E-state index in [2.05, 4.69) is 198 Å². The highest BCUT2D eigenvalue weighted by atomic mass is 15.2. The minimum absolute atomic E-state index is 0.0145. The number of hydrogen-bond donors (Lipinski definition) is 0. The van der Waals surface area contributed by atoms with Gasteiger partial charge in [-0.15, -0.1) is 0 Å². The molecule has 3 aliphatic rings.